The highest BCUT2D eigenvalue weighted by atomic mass is 32.2. The van der Waals surface area contributed by atoms with Crippen LogP contribution in [0.2, 0.25) is 0 Å². The monoisotopic (exact) mass is 274 g/mol. The Morgan fingerprint density at radius 3 is 2.39 bits per heavy atom. The third-order valence-corrected chi connectivity index (χ3v) is 5.04. The Morgan fingerprint density at radius 1 is 1.39 bits per heavy atom. The second-order valence-electron chi connectivity index (χ2n) is 4.71. The van der Waals surface area contributed by atoms with E-state index in [0.717, 1.165) is 0 Å². The van der Waals surface area contributed by atoms with Gasteiger partial charge in [-0.15, -0.1) is 0 Å². The van der Waals surface area contributed by atoms with Crippen LogP contribution in [0.4, 0.5) is 0 Å². The highest BCUT2D eigenvalue weighted by Crippen LogP contribution is 2.21. The number of aromatic nitrogens is 2. The normalized spacial score (nSPS) is 12.9. The van der Waals surface area contributed by atoms with Gasteiger partial charge in [-0.25, -0.2) is 13.1 Å². The topological polar surface area (TPSA) is 101 Å². The number of nitrogens with zero attached hydrogens (tertiary/aromatic N) is 1. The third-order valence-electron chi connectivity index (χ3n) is 3.44. The molecule has 0 unspecified atom stereocenters. The van der Waals surface area contributed by atoms with Crippen LogP contribution in [0.15, 0.2) is 5.03 Å². The highest BCUT2D eigenvalue weighted by molar-refractivity contribution is 7.89. The summed E-state index contributed by atoms with van der Waals surface area (Å²) < 4.78 is 27.3. The Bertz CT molecular complexity index is 503. The molecule has 0 aliphatic rings. The SMILES string of the molecule is CCC(C)(CC)NS(=O)(=O)c1n[nH]c(C)c1CN. The van der Waals surface area contributed by atoms with Crippen LogP contribution in [-0.2, 0) is 16.6 Å². The lowest BCUT2D eigenvalue weighted by atomic mass is 9.98. The first-order valence-electron chi connectivity index (χ1n) is 6.07. The molecule has 7 heteroatoms. The number of aromatic amines is 1. The van der Waals surface area contributed by atoms with E-state index < -0.39 is 15.6 Å². The van der Waals surface area contributed by atoms with E-state index in [1.807, 2.05) is 20.8 Å². The van der Waals surface area contributed by atoms with E-state index in [1.54, 1.807) is 6.92 Å². The molecule has 0 bridgehead atoms. The fourth-order valence-electron chi connectivity index (χ4n) is 1.66. The second-order valence-corrected chi connectivity index (χ2v) is 6.31. The molecule has 104 valence electrons. The number of hydrogen-bond acceptors (Lipinski definition) is 4. The van der Waals surface area contributed by atoms with Crippen LogP contribution in [-0.4, -0.2) is 24.2 Å². The van der Waals surface area contributed by atoms with Gasteiger partial charge in [-0.2, -0.15) is 5.10 Å². The zero-order valence-corrected chi connectivity index (χ0v) is 12.2. The lowest BCUT2D eigenvalue weighted by Crippen LogP contribution is -2.45. The van der Waals surface area contributed by atoms with E-state index in [1.165, 1.54) is 0 Å². The molecule has 0 radical (unpaired) electrons. The summed E-state index contributed by atoms with van der Waals surface area (Å²) >= 11 is 0. The molecular formula is C11H22N4O2S. The van der Waals surface area contributed by atoms with Crippen LogP contribution in [0, 0.1) is 6.92 Å². The van der Waals surface area contributed by atoms with Crippen molar-refractivity contribution >= 4 is 10.0 Å². The van der Waals surface area contributed by atoms with Gasteiger partial charge in [0.1, 0.15) is 0 Å². The second kappa shape index (κ2) is 5.38. The van der Waals surface area contributed by atoms with Crippen molar-refractivity contribution in [1.82, 2.24) is 14.9 Å². The summed E-state index contributed by atoms with van der Waals surface area (Å²) in [6, 6.07) is 0. The van der Waals surface area contributed by atoms with Gasteiger partial charge in [-0.3, -0.25) is 5.10 Å². The molecule has 0 aromatic carbocycles. The van der Waals surface area contributed by atoms with Gasteiger partial charge in [0.25, 0.3) is 10.0 Å². The summed E-state index contributed by atoms with van der Waals surface area (Å²) in [4.78, 5) is 0. The van der Waals surface area contributed by atoms with Crippen LogP contribution in [0.5, 0.6) is 0 Å². The molecule has 0 atom stereocenters. The van der Waals surface area contributed by atoms with Crippen LogP contribution < -0.4 is 10.5 Å². The van der Waals surface area contributed by atoms with Crippen molar-refractivity contribution in [2.75, 3.05) is 0 Å². The Kier molecular flexibility index (Phi) is 4.52. The van der Waals surface area contributed by atoms with Gasteiger partial charge in [-0.1, -0.05) is 13.8 Å². The van der Waals surface area contributed by atoms with E-state index in [2.05, 4.69) is 14.9 Å². The summed E-state index contributed by atoms with van der Waals surface area (Å²) in [7, 11) is -3.64. The Morgan fingerprint density at radius 2 is 1.94 bits per heavy atom. The van der Waals surface area contributed by atoms with Gasteiger partial charge in [0.15, 0.2) is 5.03 Å². The molecule has 0 saturated carbocycles. The fourth-order valence-corrected chi connectivity index (χ4v) is 3.42. The first kappa shape index (κ1) is 15.1. The average Bonchev–Trinajstić information content (AvgIpc) is 2.70. The minimum atomic E-state index is -3.64. The molecule has 0 fully saturated rings. The van der Waals surface area contributed by atoms with Crippen molar-refractivity contribution in [3.8, 4) is 0 Å². The van der Waals surface area contributed by atoms with E-state index in [9.17, 15) is 8.42 Å². The van der Waals surface area contributed by atoms with Crippen LogP contribution >= 0.6 is 0 Å². The van der Waals surface area contributed by atoms with Crippen LogP contribution in [0.3, 0.4) is 0 Å². The van der Waals surface area contributed by atoms with Gasteiger partial charge < -0.3 is 5.73 Å². The van der Waals surface area contributed by atoms with E-state index >= 15 is 0 Å². The smallest absolute Gasteiger partial charge is 0.260 e. The number of sulfonamides is 1. The Balaban J connectivity index is 3.14. The maximum absolute atomic E-state index is 12.3. The first-order valence-corrected chi connectivity index (χ1v) is 7.56. The quantitative estimate of drug-likeness (QED) is 0.721. The number of H-pyrrole nitrogens is 1. The molecule has 0 amide bonds. The lowest BCUT2D eigenvalue weighted by Gasteiger charge is -2.27. The minimum absolute atomic E-state index is 0.00984. The third kappa shape index (κ3) is 2.90. The van der Waals surface area contributed by atoms with E-state index in [-0.39, 0.29) is 11.6 Å². The molecule has 0 spiro atoms. The van der Waals surface area contributed by atoms with Gasteiger partial charge >= 0.3 is 0 Å². The fraction of sp³-hybridized carbons (Fsp3) is 0.727. The summed E-state index contributed by atoms with van der Waals surface area (Å²) in [5.41, 5.74) is 6.33. The molecule has 0 aliphatic heterocycles. The van der Waals surface area contributed by atoms with Crippen LogP contribution in [0.1, 0.15) is 44.9 Å². The molecule has 1 aromatic heterocycles. The predicted octanol–water partition coefficient (Wildman–Crippen LogP) is 1.03. The Hall–Kier alpha value is -0.920. The molecule has 18 heavy (non-hydrogen) atoms. The number of hydrogen-bond donors (Lipinski definition) is 3. The predicted molar refractivity (Wildman–Crippen MR) is 70.5 cm³/mol. The summed E-state index contributed by atoms with van der Waals surface area (Å²) in [5, 5.41) is 6.53. The number of aryl methyl sites for hydroxylation is 1. The highest BCUT2D eigenvalue weighted by Gasteiger charge is 2.30. The molecule has 4 N–H and O–H groups in total. The molecule has 6 nitrogen and oxygen atoms in total. The molecule has 1 aromatic rings. The lowest BCUT2D eigenvalue weighted by molar-refractivity contribution is 0.388. The van der Waals surface area contributed by atoms with E-state index in [4.69, 9.17) is 5.73 Å². The minimum Gasteiger partial charge on any atom is -0.326 e. The number of nitrogens with one attached hydrogen (secondary N) is 2. The van der Waals surface area contributed by atoms with Crippen molar-refractivity contribution < 1.29 is 8.42 Å². The standard InChI is InChI=1S/C11H22N4O2S/c1-5-11(4,6-2)15-18(16,17)10-9(7-12)8(3)13-14-10/h15H,5-7,12H2,1-4H3,(H,13,14). The molecule has 0 aliphatic carbocycles. The van der Waals surface area contributed by atoms with Gasteiger partial charge in [-0.05, 0) is 26.7 Å². The summed E-state index contributed by atoms with van der Waals surface area (Å²) in [6.45, 7) is 7.68. The van der Waals surface area contributed by atoms with E-state index in [0.29, 0.717) is 24.1 Å². The average molecular weight is 274 g/mol. The zero-order chi connectivity index (χ0) is 14.0. The van der Waals surface area contributed by atoms with Crippen molar-refractivity contribution in [2.45, 2.75) is 57.6 Å². The molecule has 0 saturated heterocycles. The first-order chi connectivity index (χ1) is 8.29. The van der Waals surface area contributed by atoms with Crippen molar-refractivity contribution in [3.05, 3.63) is 11.3 Å². The molecule has 1 heterocycles. The summed E-state index contributed by atoms with van der Waals surface area (Å²) in [6.07, 6.45) is 1.42. The van der Waals surface area contributed by atoms with Gasteiger partial charge in [0.05, 0.1) is 0 Å². The van der Waals surface area contributed by atoms with Crippen molar-refractivity contribution in [3.63, 3.8) is 0 Å². The maximum atomic E-state index is 12.3. The number of nitrogens with two attached hydrogens (primary N) is 1. The van der Waals surface area contributed by atoms with Gasteiger partial charge in [0.2, 0.25) is 0 Å². The van der Waals surface area contributed by atoms with Gasteiger partial charge in [0, 0.05) is 23.3 Å². The largest absolute Gasteiger partial charge is 0.326 e. The van der Waals surface area contributed by atoms with Crippen LogP contribution in [0.25, 0.3) is 0 Å². The Labute approximate surface area is 108 Å². The summed E-state index contributed by atoms with van der Waals surface area (Å²) in [5.74, 6) is 0. The maximum Gasteiger partial charge on any atom is 0.260 e. The number of rotatable bonds is 6. The zero-order valence-electron chi connectivity index (χ0n) is 11.4. The molecular weight excluding hydrogens is 252 g/mol. The molecule has 1 rings (SSSR count). The van der Waals surface area contributed by atoms with Crippen molar-refractivity contribution in [2.24, 2.45) is 5.73 Å². The van der Waals surface area contributed by atoms with Crippen molar-refractivity contribution in [1.29, 1.82) is 0 Å².